The molecule has 0 radical (unpaired) electrons. The van der Waals surface area contributed by atoms with E-state index in [2.05, 4.69) is 322 Å². The normalized spacial score (nSPS) is 29.7. The molecule has 0 nitrogen and oxygen atoms in total. The van der Waals surface area contributed by atoms with Crippen molar-refractivity contribution in [2.75, 3.05) is 0 Å². The Balaban J connectivity index is 1.23. The van der Waals surface area contributed by atoms with Crippen LogP contribution in [0.1, 0.15) is 255 Å². The van der Waals surface area contributed by atoms with Crippen LogP contribution in [-0.2, 0) is 62.0 Å². The zero-order valence-electron chi connectivity index (χ0n) is 68.1. The molecule has 8 atom stereocenters. The third-order valence-corrected chi connectivity index (χ3v) is 146. The Labute approximate surface area is 672 Å². The summed E-state index contributed by atoms with van der Waals surface area (Å²) in [7, 11) is 18.5. The van der Waals surface area contributed by atoms with Crippen molar-refractivity contribution in [2.24, 2.45) is 0 Å². The van der Waals surface area contributed by atoms with E-state index < -0.39 is 43.4 Å². The second kappa shape index (κ2) is 26.7. The van der Waals surface area contributed by atoms with Crippen LogP contribution < -0.4 is 0 Å². The summed E-state index contributed by atoms with van der Waals surface area (Å²) < 4.78 is -3.23. The average Bonchev–Trinajstić information content (AvgIpc) is 1.51. The molecule has 562 valence electrons. The molecule has 4 aromatic carbocycles. The molecule has 0 amide bonds. The van der Waals surface area contributed by atoms with Gasteiger partial charge in [0.1, 0.15) is 0 Å². The van der Waals surface area contributed by atoms with Gasteiger partial charge >= 0.3 is 679 Å². The Kier molecular flexibility index (Phi) is 19.8. The standard InChI is InChI=1S/2C49H58Cl2Si.2ClH.Hf/c2*1-12-30-24-34(28-42(50)44(30)48(5,6)7)36-20-16-18-22-38-40(36)26-32(14-3)46(38)52(11)47-33(15-4)27-41-37(21-17-19-23-39(41)47)35-25-31(13-2)45(43(51)29-35)49(8,9)10;;;/h2*16-29,36-37,52H,12-15H2,1-11H3;2*1H;/q;;;;+2/p-2. The van der Waals surface area contributed by atoms with Crippen molar-refractivity contribution in [1.29, 1.82) is 0 Å². The third kappa shape index (κ3) is 9.66. The van der Waals surface area contributed by atoms with Crippen LogP contribution in [0.3, 0.4) is 0 Å². The molecule has 2 heterocycles. The number of halogens is 6. The molecule has 0 bridgehead atoms. The van der Waals surface area contributed by atoms with Crippen LogP contribution in [-0.4, -0.2) is 17.6 Å². The molecular formula is C98H116Cl6HfSi2. The summed E-state index contributed by atoms with van der Waals surface area (Å²) in [4.78, 5) is 0. The molecule has 0 saturated carbocycles. The molecule has 14 rings (SSSR count). The fraction of sp³-hybridized carbons (Fsp3) is 0.429. The molecule has 0 aromatic heterocycles. The Bertz CT molecular complexity index is 4460. The molecule has 5 spiro atoms. The van der Waals surface area contributed by atoms with Crippen LogP contribution in [0.5, 0.6) is 0 Å². The van der Waals surface area contributed by atoms with Gasteiger partial charge in [-0.1, -0.05) is 0 Å². The maximum atomic E-state index is 12.0. The molecule has 8 aliphatic carbocycles. The summed E-state index contributed by atoms with van der Waals surface area (Å²) in [5, 5.41) is 3.33. The molecule has 2 fully saturated rings. The van der Waals surface area contributed by atoms with Gasteiger partial charge in [-0.3, -0.25) is 0 Å². The number of fused-ring (bicyclic) bond motifs is 8. The SMILES string of the molecule is CCC1=CC2=C(C=CC=CC2c2cc(Cl)c(C(C)(C)C)c(CC)c2)[C]12[SiH](C)[C]1(C(CC)=CC3=C1C=CC=CC3c1cc(Cl)c(C(C)(C)C)c(CC)c1)[Hf]21([Cl])([Cl])[C]2(C(CC)=CC3=C2C=CC=CC3c2cc(Cl)c(C(C)(C)C)c(CC)c2)[SiH](C)[C]12C(CC)=CC1=C2C=CC=CC1c1cc(Cl)c(C(C)(C)C)c(CC)c1. The van der Waals surface area contributed by atoms with E-state index in [1.54, 1.807) is 0 Å². The molecule has 107 heavy (non-hydrogen) atoms. The maximum absolute atomic E-state index is 12.0. The first-order valence-corrected chi connectivity index (χ1v) is 62.9. The first-order valence-electron chi connectivity index (χ1n) is 40.7. The van der Waals surface area contributed by atoms with Gasteiger partial charge < -0.3 is 0 Å². The molecular weight excluding hydrogens is 1620 g/mol. The first kappa shape index (κ1) is 79.4. The summed E-state index contributed by atoms with van der Waals surface area (Å²) in [5.41, 5.74) is 30.8. The van der Waals surface area contributed by atoms with Crippen LogP contribution in [0.4, 0.5) is 0 Å². The van der Waals surface area contributed by atoms with Gasteiger partial charge in [-0.05, 0) is 0 Å². The summed E-state index contributed by atoms with van der Waals surface area (Å²) in [5.74, 6) is -0.613. The Morgan fingerprint density at radius 1 is 0.308 bits per heavy atom. The van der Waals surface area contributed by atoms with E-state index in [1.807, 2.05) is 0 Å². The van der Waals surface area contributed by atoms with Gasteiger partial charge in [-0.2, -0.15) is 0 Å². The van der Waals surface area contributed by atoms with Crippen molar-refractivity contribution in [3.63, 3.8) is 0 Å². The zero-order valence-corrected chi connectivity index (χ0v) is 78.5. The van der Waals surface area contributed by atoms with Gasteiger partial charge in [0.15, 0.2) is 0 Å². The zero-order chi connectivity index (χ0) is 77.5. The number of hydrogen-bond acceptors (Lipinski definition) is 0. The Hall–Kier alpha value is -4.24. The number of benzene rings is 4. The average molecular weight is 1740 g/mol. The predicted octanol–water partition coefficient (Wildman–Crippen LogP) is 30.3. The van der Waals surface area contributed by atoms with Crippen molar-refractivity contribution < 1.29 is 14.7 Å². The van der Waals surface area contributed by atoms with Gasteiger partial charge in [-0.15, -0.1) is 0 Å². The van der Waals surface area contributed by atoms with E-state index in [0.29, 0.717) is 0 Å². The third-order valence-electron chi connectivity index (χ3n) is 28.8. The van der Waals surface area contributed by atoms with Gasteiger partial charge in [0, 0.05) is 0 Å². The summed E-state index contributed by atoms with van der Waals surface area (Å²) in [6.07, 6.45) is 56.8. The van der Waals surface area contributed by atoms with Crippen LogP contribution in [0.2, 0.25) is 44.4 Å². The van der Waals surface area contributed by atoms with Gasteiger partial charge in [0.05, 0.1) is 0 Å². The van der Waals surface area contributed by atoms with E-state index in [4.69, 9.17) is 46.4 Å². The monoisotopic (exact) mass is 1740 g/mol. The fourth-order valence-electron chi connectivity index (χ4n) is 26.4. The van der Waals surface area contributed by atoms with Crippen molar-refractivity contribution in [3.05, 3.63) is 324 Å². The minimum atomic E-state index is -8.22. The molecule has 2 aliphatic heterocycles. The molecule has 8 unspecified atom stereocenters. The van der Waals surface area contributed by atoms with Crippen LogP contribution >= 0.6 is 63.6 Å². The Morgan fingerprint density at radius 3 is 0.673 bits per heavy atom. The minimum absolute atomic E-state index is 0.153. The second-order valence-electron chi connectivity index (χ2n) is 37.3. The molecule has 4 aromatic rings. The quantitative estimate of drug-likeness (QED) is 0.124. The van der Waals surface area contributed by atoms with Crippen molar-refractivity contribution in [3.8, 4) is 0 Å². The summed E-state index contributed by atoms with van der Waals surface area (Å²) in [6, 6.07) is 19.3. The topological polar surface area (TPSA) is 0 Å². The summed E-state index contributed by atoms with van der Waals surface area (Å²) in [6.45, 7) is 52.4. The molecule has 9 heteroatoms. The van der Waals surface area contributed by atoms with E-state index in [9.17, 15) is 17.2 Å². The van der Waals surface area contributed by atoms with Crippen molar-refractivity contribution >= 4 is 81.2 Å². The predicted molar refractivity (Wildman–Crippen MR) is 472 cm³/mol. The fourth-order valence-corrected chi connectivity index (χ4v) is 199. The number of allylic oxidation sites excluding steroid dienone is 32. The molecule has 0 N–H and O–H groups in total. The number of hydrogen-bond donors (Lipinski definition) is 0. The van der Waals surface area contributed by atoms with Crippen LogP contribution in [0, 0.1) is 0 Å². The Morgan fingerprint density at radius 2 is 0.505 bits per heavy atom. The van der Waals surface area contributed by atoms with Gasteiger partial charge in [0.2, 0.25) is 0 Å². The number of rotatable bonds is 12. The van der Waals surface area contributed by atoms with Gasteiger partial charge in [-0.25, -0.2) is 0 Å². The number of aryl methyl sites for hydroxylation is 4. The van der Waals surface area contributed by atoms with E-state index in [0.717, 1.165) is 71.5 Å². The van der Waals surface area contributed by atoms with E-state index >= 15 is 0 Å². The van der Waals surface area contributed by atoms with E-state index in [1.165, 1.54) is 134 Å². The van der Waals surface area contributed by atoms with Crippen LogP contribution in [0.15, 0.2) is 237 Å². The second-order valence-corrected chi connectivity index (χ2v) is 93.3. The summed E-state index contributed by atoms with van der Waals surface area (Å²) >= 11 is 23.1. The first-order chi connectivity index (χ1) is 50.4. The van der Waals surface area contributed by atoms with Gasteiger partial charge in [0.25, 0.3) is 0 Å². The molecule has 2 saturated heterocycles. The molecule has 10 aliphatic rings. The van der Waals surface area contributed by atoms with Crippen molar-refractivity contribution in [2.45, 2.75) is 259 Å². The van der Waals surface area contributed by atoms with Crippen LogP contribution in [0.25, 0.3) is 0 Å². The van der Waals surface area contributed by atoms with Crippen molar-refractivity contribution in [1.82, 2.24) is 0 Å². The van der Waals surface area contributed by atoms with E-state index in [-0.39, 0.29) is 45.3 Å².